The van der Waals surface area contributed by atoms with Crippen molar-refractivity contribution in [3.8, 4) is 5.75 Å². The quantitative estimate of drug-likeness (QED) is 0.758. The zero-order chi connectivity index (χ0) is 9.71. The maximum Gasteiger partial charge on any atom is 0.124 e. The predicted octanol–water partition coefficient (Wildman–Crippen LogP) is 3.41. The van der Waals surface area contributed by atoms with Crippen LogP contribution < -0.4 is 0 Å². The zero-order valence-electron chi connectivity index (χ0n) is 7.55. The summed E-state index contributed by atoms with van der Waals surface area (Å²) in [4.78, 5) is 0. The molecule has 3 rings (SSSR count). The molecular formula is C12H9BrO. The van der Waals surface area contributed by atoms with Gasteiger partial charge in [0, 0.05) is 9.86 Å². The summed E-state index contributed by atoms with van der Waals surface area (Å²) >= 11 is 3.48. The molecule has 2 heteroatoms. The maximum absolute atomic E-state index is 9.80. The molecule has 0 heterocycles. The molecule has 2 aromatic carbocycles. The number of benzene rings is 2. The van der Waals surface area contributed by atoms with Crippen LogP contribution in [0.2, 0.25) is 0 Å². The molecule has 0 unspecified atom stereocenters. The van der Waals surface area contributed by atoms with Crippen LogP contribution >= 0.6 is 15.9 Å². The number of phenolic OH excluding ortho intramolecular Hbond substituents is 1. The van der Waals surface area contributed by atoms with Gasteiger partial charge in [-0.05, 0) is 41.5 Å². The highest BCUT2D eigenvalue weighted by Gasteiger charge is 2.17. The molecule has 0 saturated carbocycles. The van der Waals surface area contributed by atoms with Crippen LogP contribution in [-0.4, -0.2) is 5.11 Å². The summed E-state index contributed by atoms with van der Waals surface area (Å²) in [5.74, 6) is 0.374. The second-order valence-corrected chi connectivity index (χ2v) is 4.55. The first-order valence-electron chi connectivity index (χ1n) is 4.69. The van der Waals surface area contributed by atoms with Crippen LogP contribution in [0.25, 0.3) is 10.8 Å². The summed E-state index contributed by atoms with van der Waals surface area (Å²) in [7, 11) is 0. The fraction of sp³-hybridized carbons (Fsp3) is 0.167. The van der Waals surface area contributed by atoms with E-state index in [1.54, 1.807) is 6.07 Å². The van der Waals surface area contributed by atoms with Crippen LogP contribution in [-0.2, 0) is 12.8 Å². The number of aryl methyl sites for hydroxylation is 2. The fourth-order valence-corrected chi connectivity index (χ4v) is 2.80. The number of halogens is 1. The normalized spacial score (nSPS) is 13.8. The average Bonchev–Trinajstić information content (AvgIpc) is 2.58. The van der Waals surface area contributed by atoms with E-state index in [4.69, 9.17) is 0 Å². The number of rotatable bonds is 0. The van der Waals surface area contributed by atoms with Gasteiger partial charge >= 0.3 is 0 Å². The molecule has 0 amide bonds. The van der Waals surface area contributed by atoms with Gasteiger partial charge in [-0.25, -0.2) is 0 Å². The van der Waals surface area contributed by atoms with Crippen molar-refractivity contribution >= 4 is 26.7 Å². The number of phenols is 1. The van der Waals surface area contributed by atoms with Gasteiger partial charge < -0.3 is 5.11 Å². The van der Waals surface area contributed by atoms with Gasteiger partial charge in [0.25, 0.3) is 0 Å². The molecular weight excluding hydrogens is 240 g/mol. The fourth-order valence-electron chi connectivity index (χ4n) is 2.27. The van der Waals surface area contributed by atoms with Crippen molar-refractivity contribution in [2.45, 2.75) is 12.8 Å². The highest BCUT2D eigenvalue weighted by molar-refractivity contribution is 9.10. The molecule has 1 N–H and O–H groups in total. The standard InChI is InChI=1S/C12H9BrO/c13-9-5-3-7-1-2-8-4-6-10(14)12(9)11(7)8/h3-6,14H,1-2H2. The summed E-state index contributed by atoms with van der Waals surface area (Å²) in [5, 5.41) is 12.0. The monoisotopic (exact) mass is 248 g/mol. The largest absolute Gasteiger partial charge is 0.507 e. The first-order valence-corrected chi connectivity index (χ1v) is 5.48. The molecule has 14 heavy (non-hydrogen) atoms. The van der Waals surface area contributed by atoms with Crippen LogP contribution in [0, 0.1) is 0 Å². The molecule has 0 spiro atoms. The van der Waals surface area contributed by atoms with E-state index >= 15 is 0 Å². The van der Waals surface area contributed by atoms with Gasteiger partial charge in [0.2, 0.25) is 0 Å². The molecule has 0 aromatic heterocycles. The SMILES string of the molecule is Oc1ccc2c3c(ccc(Br)c13)CC2. The third-order valence-corrected chi connectivity index (χ3v) is 3.58. The van der Waals surface area contributed by atoms with E-state index in [0.29, 0.717) is 5.75 Å². The van der Waals surface area contributed by atoms with E-state index in [1.165, 1.54) is 16.5 Å². The number of aromatic hydroxyl groups is 1. The maximum atomic E-state index is 9.80. The molecule has 0 fully saturated rings. The Morgan fingerprint density at radius 2 is 1.57 bits per heavy atom. The van der Waals surface area contributed by atoms with Crippen LogP contribution in [0.1, 0.15) is 11.1 Å². The van der Waals surface area contributed by atoms with E-state index in [2.05, 4.69) is 22.0 Å². The van der Waals surface area contributed by atoms with Crippen molar-refractivity contribution in [3.05, 3.63) is 39.9 Å². The van der Waals surface area contributed by atoms with E-state index in [9.17, 15) is 5.11 Å². The summed E-state index contributed by atoms with van der Waals surface area (Å²) in [6.45, 7) is 0. The average molecular weight is 249 g/mol. The number of hydrogen-bond acceptors (Lipinski definition) is 1. The minimum Gasteiger partial charge on any atom is -0.507 e. The van der Waals surface area contributed by atoms with Gasteiger partial charge in [0.15, 0.2) is 0 Å². The van der Waals surface area contributed by atoms with Crippen molar-refractivity contribution in [2.75, 3.05) is 0 Å². The van der Waals surface area contributed by atoms with E-state index in [0.717, 1.165) is 22.7 Å². The predicted molar refractivity (Wildman–Crippen MR) is 60.7 cm³/mol. The lowest BCUT2D eigenvalue weighted by atomic mass is 10.0. The summed E-state index contributed by atoms with van der Waals surface area (Å²) in [5.41, 5.74) is 2.71. The van der Waals surface area contributed by atoms with Gasteiger partial charge in [-0.15, -0.1) is 0 Å². The van der Waals surface area contributed by atoms with Crippen LogP contribution in [0.4, 0.5) is 0 Å². The van der Waals surface area contributed by atoms with Gasteiger partial charge in [-0.3, -0.25) is 0 Å². The topological polar surface area (TPSA) is 20.2 Å². The van der Waals surface area contributed by atoms with E-state index in [1.807, 2.05) is 12.1 Å². The molecule has 0 aliphatic heterocycles. The molecule has 2 aromatic rings. The summed E-state index contributed by atoms with van der Waals surface area (Å²) < 4.78 is 0.984. The lowest BCUT2D eigenvalue weighted by molar-refractivity contribution is 0.481. The third kappa shape index (κ3) is 0.947. The Hall–Kier alpha value is -1.02. The minimum absolute atomic E-state index is 0.374. The Morgan fingerprint density at radius 3 is 2.29 bits per heavy atom. The van der Waals surface area contributed by atoms with E-state index < -0.39 is 0 Å². The Kier molecular flexibility index (Phi) is 1.62. The lowest BCUT2D eigenvalue weighted by Crippen LogP contribution is -1.81. The first-order chi connectivity index (χ1) is 6.77. The Morgan fingerprint density at radius 1 is 0.929 bits per heavy atom. The molecule has 1 aliphatic rings. The van der Waals surface area contributed by atoms with Gasteiger partial charge in [0.1, 0.15) is 5.75 Å². The molecule has 0 radical (unpaired) electrons. The second kappa shape index (κ2) is 2.74. The van der Waals surface area contributed by atoms with Crippen LogP contribution in [0.3, 0.4) is 0 Å². The smallest absolute Gasteiger partial charge is 0.124 e. The van der Waals surface area contributed by atoms with E-state index in [-0.39, 0.29) is 0 Å². The molecule has 0 bridgehead atoms. The Bertz CT molecular complexity index is 487. The number of hydrogen-bond donors (Lipinski definition) is 1. The zero-order valence-corrected chi connectivity index (χ0v) is 9.13. The highest BCUT2D eigenvalue weighted by Crippen LogP contribution is 2.39. The molecule has 1 aliphatic carbocycles. The van der Waals surface area contributed by atoms with Crippen molar-refractivity contribution < 1.29 is 5.11 Å². The first kappa shape index (κ1) is 8.30. The van der Waals surface area contributed by atoms with Crippen LogP contribution in [0.15, 0.2) is 28.7 Å². The minimum atomic E-state index is 0.374. The van der Waals surface area contributed by atoms with Crippen molar-refractivity contribution in [1.82, 2.24) is 0 Å². The molecule has 70 valence electrons. The van der Waals surface area contributed by atoms with Crippen LogP contribution in [0.5, 0.6) is 5.75 Å². The summed E-state index contributed by atoms with van der Waals surface area (Å²) in [6.07, 6.45) is 2.20. The van der Waals surface area contributed by atoms with Crippen molar-refractivity contribution in [1.29, 1.82) is 0 Å². The molecule has 0 atom stereocenters. The lowest BCUT2D eigenvalue weighted by Gasteiger charge is -2.05. The van der Waals surface area contributed by atoms with Crippen molar-refractivity contribution in [2.24, 2.45) is 0 Å². The van der Waals surface area contributed by atoms with Gasteiger partial charge in [0.05, 0.1) is 0 Å². The van der Waals surface area contributed by atoms with Crippen molar-refractivity contribution in [3.63, 3.8) is 0 Å². The molecule has 1 nitrogen and oxygen atoms in total. The third-order valence-electron chi connectivity index (χ3n) is 2.92. The Labute approximate surface area is 90.5 Å². The summed E-state index contributed by atoms with van der Waals surface area (Å²) in [6, 6.07) is 7.98. The molecule has 0 saturated heterocycles. The second-order valence-electron chi connectivity index (χ2n) is 3.70. The van der Waals surface area contributed by atoms with Gasteiger partial charge in [-0.1, -0.05) is 28.1 Å². The Balaban J connectivity index is 2.60. The highest BCUT2D eigenvalue weighted by atomic mass is 79.9. The van der Waals surface area contributed by atoms with Gasteiger partial charge in [-0.2, -0.15) is 0 Å².